The second kappa shape index (κ2) is 6.91. The van der Waals surface area contributed by atoms with Crippen molar-refractivity contribution in [2.45, 2.75) is 6.92 Å². The first-order valence-electron chi connectivity index (χ1n) is 5.89. The van der Waals surface area contributed by atoms with Crippen molar-refractivity contribution in [1.82, 2.24) is 4.90 Å². The van der Waals surface area contributed by atoms with Crippen molar-refractivity contribution in [3.8, 4) is 0 Å². The summed E-state index contributed by atoms with van der Waals surface area (Å²) in [6.07, 6.45) is 2.08. The molecule has 0 aliphatic carbocycles. The molecule has 4 N–H and O–H groups in total. The average Bonchev–Trinajstić information content (AvgIpc) is 2.79. The zero-order chi connectivity index (χ0) is 13.8. The Balaban J connectivity index is 0.00000200. The third-order valence-electron chi connectivity index (χ3n) is 2.72. The van der Waals surface area contributed by atoms with Gasteiger partial charge in [0.2, 0.25) is 5.96 Å². The average molecular weight is 298 g/mol. The molecule has 0 bridgehead atoms. The van der Waals surface area contributed by atoms with E-state index in [4.69, 9.17) is 11.5 Å². The fraction of sp³-hybridized carbons (Fsp3) is 0.231. The molecule has 0 atom stereocenters. The lowest BCUT2D eigenvalue weighted by molar-refractivity contribution is 0.527. The fourth-order valence-corrected chi connectivity index (χ4v) is 1.73. The predicted octanol–water partition coefficient (Wildman–Crippen LogP) is 1.77. The van der Waals surface area contributed by atoms with Crippen LogP contribution in [0.4, 0.5) is 10.1 Å². The van der Waals surface area contributed by atoms with Crippen LogP contribution in [-0.2, 0) is 0 Å². The number of guanidine groups is 2. The maximum atomic E-state index is 12.7. The zero-order valence-electron chi connectivity index (χ0n) is 11.1. The molecule has 1 aromatic carbocycles. The molecule has 7 heteroatoms. The van der Waals surface area contributed by atoms with E-state index in [9.17, 15) is 4.39 Å². The summed E-state index contributed by atoms with van der Waals surface area (Å²) in [5, 5.41) is 0. The molecule has 1 aromatic rings. The standard InChI is InChI=1S/C13H16FN5.ClH/c1-9-6-7-19(8-9)13(16)18-12(15)17-11-4-2-10(14)3-5-11;/h2-6H,7-8H2,1H3,(H4,15,16,17,18);1H. The van der Waals surface area contributed by atoms with Gasteiger partial charge in [0.1, 0.15) is 5.82 Å². The zero-order valence-corrected chi connectivity index (χ0v) is 11.9. The van der Waals surface area contributed by atoms with Crippen molar-refractivity contribution in [3.05, 3.63) is 41.7 Å². The third-order valence-corrected chi connectivity index (χ3v) is 2.72. The summed E-state index contributed by atoms with van der Waals surface area (Å²) >= 11 is 0. The van der Waals surface area contributed by atoms with Gasteiger partial charge in [-0.05, 0) is 31.2 Å². The van der Waals surface area contributed by atoms with Crippen molar-refractivity contribution in [3.63, 3.8) is 0 Å². The Bertz CT molecular complexity index is 550. The minimum atomic E-state index is -0.320. The summed E-state index contributed by atoms with van der Waals surface area (Å²) in [7, 11) is 0. The number of aliphatic imine (C=N–C) groups is 2. The molecule has 0 aromatic heterocycles. The Hall–Kier alpha value is -2.08. The lowest BCUT2D eigenvalue weighted by Gasteiger charge is -2.16. The van der Waals surface area contributed by atoms with Gasteiger partial charge in [-0.3, -0.25) is 0 Å². The fourth-order valence-electron chi connectivity index (χ4n) is 1.73. The molecule has 0 fully saturated rings. The van der Waals surface area contributed by atoms with Crippen LogP contribution in [0.15, 0.2) is 45.9 Å². The van der Waals surface area contributed by atoms with Gasteiger partial charge in [-0.15, -0.1) is 12.4 Å². The van der Waals surface area contributed by atoms with E-state index in [0.717, 1.165) is 13.1 Å². The van der Waals surface area contributed by atoms with Crippen molar-refractivity contribution in [2.24, 2.45) is 21.5 Å². The maximum Gasteiger partial charge on any atom is 0.223 e. The van der Waals surface area contributed by atoms with E-state index in [1.807, 2.05) is 11.8 Å². The van der Waals surface area contributed by atoms with E-state index in [-0.39, 0.29) is 24.2 Å². The van der Waals surface area contributed by atoms with Gasteiger partial charge in [0.25, 0.3) is 0 Å². The van der Waals surface area contributed by atoms with Gasteiger partial charge in [-0.2, -0.15) is 4.99 Å². The van der Waals surface area contributed by atoms with Gasteiger partial charge in [0.05, 0.1) is 5.69 Å². The van der Waals surface area contributed by atoms with E-state index in [2.05, 4.69) is 16.1 Å². The molecule has 0 radical (unpaired) electrons. The van der Waals surface area contributed by atoms with E-state index in [1.54, 1.807) is 0 Å². The van der Waals surface area contributed by atoms with Crippen LogP contribution in [0.5, 0.6) is 0 Å². The Morgan fingerprint density at radius 1 is 1.25 bits per heavy atom. The summed E-state index contributed by atoms with van der Waals surface area (Å²) in [5.41, 5.74) is 13.3. The highest BCUT2D eigenvalue weighted by molar-refractivity contribution is 5.94. The maximum absolute atomic E-state index is 12.7. The summed E-state index contributed by atoms with van der Waals surface area (Å²) in [4.78, 5) is 9.97. The molecule has 20 heavy (non-hydrogen) atoms. The molecule has 2 rings (SSSR count). The number of hydrogen-bond acceptors (Lipinski definition) is 1. The van der Waals surface area contributed by atoms with Crippen molar-refractivity contribution in [1.29, 1.82) is 0 Å². The van der Waals surface area contributed by atoms with Crippen LogP contribution in [0.3, 0.4) is 0 Å². The van der Waals surface area contributed by atoms with E-state index in [1.165, 1.54) is 29.8 Å². The van der Waals surface area contributed by atoms with Crippen LogP contribution in [0.1, 0.15) is 6.92 Å². The minimum Gasteiger partial charge on any atom is -0.369 e. The van der Waals surface area contributed by atoms with E-state index >= 15 is 0 Å². The van der Waals surface area contributed by atoms with Crippen LogP contribution < -0.4 is 11.5 Å². The smallest absolute Gasteiger partial charge is 0.223 e. The minimum absolute atomic E-state index is 0. The highest BCUT2D eigenvalue weighted by Crippen LogP contribution is 2.12. The molecule has 1 aliphatic heterocycles. The van der Waals surface area contributed by atoms with Crippen LogP contribution >= 0.6 is 12.4 Å². The number of nitrogens with zero attached hydrogens (tertiary/aromatic N) is 3. The molecule has 0 amide bonds. The molecule has 0 unspecified atom stereocenters. The first-order chi connectivity index (χ1) is 9.04. The highest BCUT2D eigenvalue weighted by Gasteiger charge is 2.13. The third kappa shape index (κ3) is 4.24. The first kappa shape index (κ1) is 16.0. The monoisotopic (exact) mass is 297 g/mol. The van der Waals surface area contributed by atoms with Gasteiger partial charge in [0.15, 0.2) is 5.96 Å². The summed E-state index contributed by atoms with van der Waals surface area (Å²) in [5.74, 6) is 0.0595. The SMILES string of the molecule is CC1=CCN(C(N)=NC(N)=Nc2ccc(F)cc2)C1.Cl. The van der Waals surface area contributed by atoms with Crippen LogP contribution in [0.25, 0.3) is 0 Å². The quantitative estimate of drug-likeness (QED) is 0.471. The van der Waals surface area contributed by atoms with E-state index < -0.39 is 0 Å². The van der Waals surface area contributed by atoms with Gasteiger partial charge in [-0.25, -0.2) is 9.38 Å². The molecule has 0 spiro atoms. The van der Waals surface area contributed by atoms with Crippen molar-refractivity contribution >= 4 is 30.0 Å². The molecule has 1 heterocycles. The van der Waals surface area contributed by atoms with Crippen LogP contribution in [0, 0.1) is 5.82 Å². The van der Waals surface area contributed by atoms with Crippen molar-refractivity contribution in [2.75, 3.05) is 13.1 Å². The van der Waals surface area contributed by atoms with Gasteiger partial charge in [-0.1, -0.05) is 11.6 Å². The molecule has 0 saturated heterocycles. The summed E-state index contributed by atoms with van der Waals surface area (Å²) in [6.45, 7) is 3.51. The summed E-state index contributed by atoms with van der Waals surface area (Å²) in [6, 6.07) is 5.67. The highest BCUT2D eigenvalue weighted by atomic mass is 35.5. The largest absolute Gasteiger partial charge is 0.369 e. The second-order valence-electron chi connectivity index (χ2n) is 4.35. The molecule has 108 valence electrons. The predicted molar refractivity (Wildman–Crippen MR) is 81.9 cm³/mol. The summed E-state index contributed by atoms with van der Waals surface area (Å²) < 4.78 is 12.7. The number of rotatable bonds is 1. The lowest BCUT2D eigenvalue weighted by Crippen LogP contribution is -2.37. The van der Waals surface area contributed by atoms with Crippen LogP contribution in [0.2, 0.25) is 0 Å². The van der Waals surface area contributed by atoms with Crippen molar-refractivity contribution < 1.29 is 4.39 Å². The molecular formula is C13H17ClFN5. The number of halogens is 2. The normalized spacial score (nSPS) is 15.9. The lowest BCUT2D eigenvalue weighted by atomic mass is 10.3. The second-order valence-corrected chi connectivity index (χ2v) is 4.35. The molecule has 5 nitrogen and oxygen atoms in total. The Kier molecular flexibility index (Phi) is 5.52. The number of nitrogens with two attached hydrogens (primary N) is 2. The Morgan fingerprint density at radius 2 is 1.90 bits per heavy atom. The number of hydrogen-bond donors (Lipinski definition) is 2. The Morgan fingerprint density at radius 3 is 2.45 bits per heavy atom. The van der Waals surface area contributed by atoms with Gasteiger partial charge in [0, 0.05) is 13.1 Å². The first-order valence-corrected chi connectivity index (χ1v) is 5.89. The van der Waals surface area contributed by atoms with Crippen LogP contribution in [-0.4, -0.2) is 29.9 Å². The molecule has 0 saturated carbocycles. The van der Waals surface area contributed by atoms with Gasteiger partial charge < -0.3 is 16.4 Å². The Labute approximate surface area is 123 Å². The number of benzene rings is 1. The topological polar surface area (TPSA) is 80.0 Å². The molecule has 1 aliphatic rings. The van der Waals surface area contributed by atoms with Gasteiger partial charge >= 0.3 is 0 Å². The van der Waals surface area contributed by atoms with E-state index in [0.29, 0.717) is 11.6 Å². The molecular weight excluding hydrogens is 281 g/mol.